The second-order valence-corrected chi connectivity index (χ2v) is 7.35. The molecule has 1 aromatic carbocycles. The zero-order valence-electron chi connectivity index (χ0n) is 14.8. The fourth-order valence-electron chi connectivity index (χ4n) is 3.00. The standard InChI is InChI=1S/C18H18N2O7S/c1-9(21)27-7-11-8-28-17-12(16(24)20(17)13(11)18(25)26)19-15(23)14(22)10-5-3-2-4-6-10/h2-6,12,14,17,22H,7-8H2,1H3,(H,19,23)(H,25,26)/t12?,14?,17-/m0/s1. The van der Waals surface area contributed by atoms with Crippen molar-refractivity contribution in [2.24, 2.45) is 0 Å². The minimum absolute atomic E-state index is 0.218. The van der Waals surface area contributed by atoms with Crippen molar-refractivity contribution in [2.75, 3.05) is 12.4 Å². The zero-order chi connectivity index (χ0) is 20.4. The van der Waals surface area contributed by atoms with Crippen LogP contribution in [0, 0.1) is 0 Å². The lowest BCUT2D eigenvalue weighted by atomic mass is 10.0. The molecule has 0 aliphatic carbocycles. The largest absolute Gasteiger partial charge is 0.477 e. The van der Waals surface area contributed by atoms with E-state index in [2.05, 4.69) is 5.32 Å². The quantitative estimate of drug-likeness (QED) is 0.445. The van der Waals surface area contributed by atoms with Crippen molar-refractivity contribution >= 4 is 35.5 Å². The molecule has 3 rings (SSSR count). The number of aliphatic hydroxyl groups excluding tert-OH is 1. The number of nitrogens with zero attached hydrogens (tertiary/aromatic N) is 1. The first-order chi connectivity index (χ1) is 13.3. The van der Waals surface area contributed by atoms with Gasteiger partial charge in [0.1, 0.15) is 23.7 Å². The van der Waals surface area contributed by atoms with Crippen LogP contribution in [0.3, 0.4) is 0 Å². The molecule has 1 fully saturated rings. The second-order valence-electron chi connectivity index (χ2n) is 6.25. The number of carboxylic acid groups (broad SMARTS) is 1. The Morgan fingerprint density at radius 1 is 1.32 bits per heavy atom. The average Bonchev–Trinajstić information content (AvgIpc) is 2.69. The third-order valence-electron chi connectivity index (χ3n) is 4.36. The molecule has 2 heterocycles. The molecule has 2 aliphatic rings. The number of aliphatic hydroxyl groups is 1. The van der Waals surface area contributed by atoms with E-state index in [9.17, 15) is 29.4 Å². The van der Waals surface area contributed by atoms with Crippen molar-refractivity contribution in [1.82, 2.24) is 10.2 Å². The lowest BCUT2D eigenvalue weighted by Crippen LogP contribution is -2.71. The number of esters is 1. The Morgan fingerprint density at radius 2 is 2.00 bits per heavy atom. The number of amides is 2. The van der Waals surface area contributed by atoms with Crippen LogP contribution in [0.4, 0.5) is 0 Å². The Bertz CT molecular complexity index is 855. The molecule has 0 aromatic heterocycles. The van der Waals surface area contributed by atoms with Crippen LogP contribution < -0.4 is 5.32 Å². The van der Waals surface area contributed by atoms with Crippen LogP contribution in [-0.2, 0) is 23.9 Å². The van der Waals surface area contributed by atoms with Gasteiger partial charge in [-0.3, -0.25) is 19.3 Å². The van der Waals surface area contributed by atoms with Gasteiger partial charge in [0.2, 0.25) is 0 Å². The van der Waals surface area contributed by atoms with E-state index in [1.165, 1.54) is 18.7 Å². The Hall–Kier alpha value is -2.85. The molecule has 0 saturated carbocycles. The van der Waals surface area contributed by atoms with Gasteiger partial charge in [-0.05, 0) is 5.56 Å². The van der Waals surface area contributed by atoms with Crippen molar-refractivity contribution in [2.45, 2.75) is 24.4 Å². The summed E-state index contributed by atoms with van der Waals surface area (Å²) in [6.07, 6.45) is -1.44. The van der Waals surface area contributed by atoms with Crippen LogP contribution in [0.25, 0.3) is 0 Å². The fraction of sp³-hybridized carbons (Fsp3) is 0.333. The van der Waals surface area contributed by atoms with Gasteiger partial charge in [0.15, 0.2) is 6.10 Å². The highest BCUT2D eigenvalue weighted by molar-refractivity contribution is 8.00. The highest BCUT2D eigenvalue weighted by Crippen LogP contribution is 2.40. The van der Waals surface area contributed by atoms with E-state index in [4.69, 9.17) is 4.74 Å². The summed E-state index contributed by atoms with van der Waals surface area (Å²) in [5, 5.41) is 21.5. The third kappa shape index (κ3) is 3.73. The topological polar surface area (TPSA) is 133 Å². The van der Waals surface area contributed by atoms with Crippen molar-refractivity contribution in [3.63, 3.8) is 0 Å². The molecular weight excluding hydrogens is 388 g/mol. The molecule has 28 heavy (non-hydrogen) atoms. The van der Waals surface area contributed by atoms with E-state index < -0.39 is 41.3 Å². The molecule has 2 amide bonds. The summed E-state index contributed by atoms with van der Waals surface area (Å²) >= 11 is 1.25. The number of hydrogen-bond acceptors (Lipinski definition) is 7. The highest BCUT2D eigenvalue weighted by Gasteiger charge is 2.54. The molecule has 0 spiro atoms. The monoisotopic (exact) mass is 406 g/mol. The second kappa shape index (κ2) is 8.03. The van der Waals surface area contributed by atoms with Gasteiger partial charge in [-0.1, -0.05) is 30.3 Å². The third-order valence-corrected chi connectivity index (χ3v) is 5.70. The molecule has 2 unspecified atom stereocenters. The molecule has 1 saturated heterocycles. The van der Waals surface area contributed by atoms with E-state index in [1.807, 2.05) is 0 Å². The Kier molecular flexibility index (Phi) is 5.71. The van der Waals surface area contributed by atoms with E-state index in [-0.39, 0.29) is 18.1 Å². The van der Waals surface area contributed by atoms with E-state index in [1.54, 1.807) is 30.3 Å². The van der Waals surface area contributed by atoms with Crippen LogP contribution in [0.5, 0.6) is 0 Å². The Balaban J connectivity index is 1.72. The summed E-state index contributed by atoms with van der Waals surface area (Å²) in [5.74, 6) is -2.97. The number of carboxylic acids is 1. The molecule has 1 aromatic rings. The minimum Gasteiger partial charge on any atom is -0.477 e. The number of ether oxygens (including phenoxy) is 1. The van der Waals surface area contributed by atoms with Crippen molar-refractivity contribution in [3.8, 4) is 0 Å². The summed E-state index contributed by atoms with van der Waals surface area (Å²) in [6, 6.07) is 7.32. The maximum Gasteiger partial charge on any atom is 0.352 e. The summed E-state index contributed by atoms with van der Waals surface area (Å²) in [7, 11) is 0. The van der Waals surface area contributed by atoms with Gasteiger partial charge in [0.05, 0.1) is 0 Å². The highest BCUT2D eigenvalue weighted by atomic mass is 32.2. The summed E-state index contributed by atoms with van der Waals surface area (Å²) in [5.41, 5.74) is 0.463. The van der Waals surface area contributed by atoms with E-state index in [0.29, 0.717) is 11.1 Å². The smallest absolute Gasteiger partial charge is 0.352 e. The molecule has 2 aliphatic heterocycles. The van der Waals surface area contributed by atoms with Gasteiger partial charge in [0, 0.05) is 18.2 Å². The minimum atomic E-state index is -1.44. The number of carbonyl (C=O) groups is 4. The fourth-order valence-corrected chi connectivity index (χ4v) is 4.33. The lowest BCUT2D eigenvalue weighted by molar-refractivity contribution is -0.152. The predicted octanol–water partition coefficient (Wildman–Crippen LogP) is 0.0217. The maximum absolute atomic E-state index is 12.5. The lowest BCUT2D eigenvalue weighted by Gasteiger charge is -2.49. The Labute approximate surface area is 164 Å². The van der Waals surface area contributed by atoms with Crippen molar-refractivity contribution < 1.29 is 34.1 Å². The van der Waals surface area contributed by atoms with Crippen molar-refractivity contribution in [1.29, 1.82) is 0 Å². The molecule has 9 nitrogen and oxygen atoms in total. The summed E-state index contributed by atoms with van der Waals surface area (Å²) < 4.78 is 4.86. The molecular formula is C18H18N2O7S. The number of thioether (sulfide) groups is 1. The molecule has 10 heteroatoms. The van der Waals surface area contributed by atoms with Crippen LogP contribution in [-0.4, -0.2) is 62.6 Å². The average molecular weight is 406 g/mol. The van der Waals surface area contributed by atoms with E-state index >= 15 is 0 Å². The molecule has 0 bridgehead atoms. The first-order valence-electron chi connectivity index (χ1n) is 8.38. The number of benzene rings is 1. The van der Waals surface area contributed by atoms with Crippen LogP contribution in [0.2, 0.25) is 0 Å². The van der Waals surface area contributed by atoms with Crippen LogP contribution in [0.1, 0.15) is 18.6 Å². The molecule has 148 valence electrons. The number of fused-ring (bicyclic) bond motifs is 1. The number of β-lactam (4-membered cyclic amide) rings is 1. The van der Waals surface area contributed by atoms with E-state index in [0.717, 1.165) is 4.90 Å². The van der Waals surface area contributed by atoms with Gasteiger partial charge in [-0.15, -0.1) is 11.8 Å². The molecule has 3 atom stereocenters. The summed E-state index contributed by atoms with van der Waals surface area (Å²) in [4.78, 5) is 48.5. The number of rotatable bonds is 6. The van der Waals surface area contributed by atoms with Crippen LogP contribution in [0.15, 0.2) is 41.6 Å². The Morgan fingerprint density at radius 3 is 2.61 bits per heavy atom. The SMILES string of the molecule is CC(=O)OCC1=C(C(=O)O)N2C(=O)C(NC(=O)C(O)c3ccccc3)[C@@H]2SC1. The number of carbonyl (C=O) groups excluding carboxylic acids is 3. The van der Waals surface area contributed by atoms with Gasteiger partial charge in [0.25, 0.3) is 11.8 Å². The molecule has 3 N–H and O–H groups in total. The van der Waals surface area contributed by atoms with Gasteiger partial charge in [-0.25, -0.2) is 4.79 Å². The van der Waals surface area contributed by atoms with Gasteiger partial charge in [-0.2, -0.15) is 0 Å². The predicted molar refractivity (Wildman–Crippen MR) is 97.7 cm³/mol. The number of hydrogen-bond donors (Lipinski definition) is 3. The van der Waals surface area contributed by atoms with Gasteiger partial charge >= 0.3 is 11.9 Å². The van der Waals surface area contributed by atoms with Crippen LogP contribution >= 0.6 is 11.8 Å². The first-order valence-corrected chi connectivity index (χ1v) is 9.43. The normalized spacial score (nSPS) is 22.1. The summed E-state index contributed by atoms with van der Waals surface area (Å²) in [6.45, 7) is 0.988. The zero-order valence-corrected chi connectivity index (χ0v) is 15.6. The number of aliphatic carboxylic acids is 1. The molecule has 0 radical (unpaired) electrons. The maximum atomic E-state index is 12.5. The van der Waals surface area contributed by atoms with Gasteiger partial charge < -0.3 is 20.3 Å². The first kappa shape index (κ1) is 19.9. The van der Waals surface area contributed by atoms with Crippen molar-refractivity contribution in [3.05, 3.63) is 47.2 Å². The number of nitrogens with one attached hydrogen (secondary N) is 1.